The molecule has 280 valence electrons. The van der Waals surface area contributed by atoms with Crippen LogP contribution in [-0.4, -0.2) is 78.8 Å². The van der Waals surface area contributed by atoms with Crippen LogP contribution in [0.2, 0.25) is 0 Å². The summed E-state index contributed by atoms with van der Waals surface area (Å²) in [6.45, 7) is 6.16. The zero-order chi connectivity index (χ0) is 35.8. The van der Waals surface area contributed by atoms with Gasteiger partial charge in [-0.25, -0.2) is 0 Å². The Kier molecular flexibility index (Phi) is 21.7. The molecule has 0 aromatic heterocycles. The maximum absolute atomic E-state index is 11.9. The molecule has 49 heavy (non-hydrogen) atoms. The SMILES string of the molecule is CCCCCCCCc1ccc(OCCOCCOCCOCCOc2ccc(CCCCCCCC)cc2S(=O)(=O)O)c(S(=O)(=O)O)c1. The van der Waals surface area contributed by atoms with E-state index < -0.39 is 20.2 Å². The standard InChI is InChI=1S/C36H58O11S2/c1-3-5-7-9-11-13-15-31-17-19-33(35(29-31)48(37,38)39)46-27-25-44-23-21-43-22-24-45-26-28-47-34-20-18-32(30-36(34)49(40,41)42)16-14-12-10-8-6-4-2/h17-20,29-30H,3-16,21-28H2,1-2H3,(H,37,38,39)(H,40,41,42). The molecule has 0 spiro atoms. The maximum atomic E-state index is 11.9. The van der Waals surface area contributed by atoms with Crippen molar-refractivity contribution < 1.29 is 49.6 Å². The van der Waals surface area contributed by atoms with Crippen molar-refractivity contribution in [1.29, 1.82) is 0 Å². The number of ether oxygens (including phenoxy) is 5. The molecule has 0 aliphatic rings. The number of hydrogen-bond donors (Lipinski definition) is 2. The Bertz CT molecular complexity index is 1290. The van der Waals surface area contributed by atoms with Crippen molar-refractivity contribution in [2.75, 3.05) is 52.9 Å². The van der Waals surface area contributed by atoms with Crippen molar-refractivity contribution in [2.24, 2.45) is 0 Å². The third-order valence-corrected chi connectivity index (χ3v) is 9.67. The molecule has 0 atom stereocenters. The predicted molar refractivity (Wildman–Crippen MR) is 190 cm³/mol. The minimum Gasteiger partial charge on any atom is -0.490 e. The molecular formula is C36H58O11S2. The Balaban J connectivity index is 1.58. The topological polar surface area (TPSA) is 155 Å². The molecule has 2 aromatic carbocycles. The van der Waals surface area contributed by atoms with E-state index in [1.165, 1.54) is 50.7 Å². The smallest absolute Gasteiger partial charge is 0.298 e. The van der Waals surface area contributed by atoms with E-state index in [9.17, 15) is 25.9 Å². The van der Waals surface area contributed by atoms with Gasteiger partial charge in [-0.2, -0.15) is 16.8 Å². The van der Waals surface area contributed by atoms with Crippen molar-refractivity contribution in [3.63, 3.8) is 0 Å². The molecule has 2 N–H and O–H groups in total. The molecule has 0 amide bonds. The van der Waals surface area contributed by atoms with Gasteiger partial charge < -0.3 is 23.7 Å². The van der Waals surface area contributed by atoms with Gasteiger partial charge in [-0.3, -0.25) is 9.11 Å². The molecule has 0 aliphatic heterocycles. The second kappa shape index (κ2) is 24.8. The number of hydrogen-bond acceptors (Lipinski definition) is 9. The highest BCUT2D eigenvalue weighted by molar-refractivity contribution is 7.86. The number of rotatable bonds is 30. The van der Waals surface area contributed by atoms with Crippen LogP contribution in [0.1, 0.15) is 102 Å². The average molecular weight is 731 g/mol. The first kappa shape index (κ1) is 42.9. The van der Waals surface area contributed by atoms with Crippen LogP contribution in [0.4, 0.5) is 0 Å². The molecule has 0 unspecified atom stereocenters. The van der Waals surface area contributed by atoms with Gasteiger partial charge >= 0.3 is 0 Å². The molecule has 11 nitrogen and oxygen atoms in total. The lowest BCUT2D eigenvalue weighted by Gasteiger charge is -2.12. The summed E-state index contributed by atoms with van der Waals surface area (Å²) in [4.78, 5) is -0.472. The average Bonchev–Trinajstić information content (AvgIpc) is 3.06. The first-order chi connectivity index (χ1) is 23.6. The molecule has 0 bridgehead atoms. The molecule has 0 aliphatic carbocycles. The summed E-state index contributed by atoms with van der Waals surface area (Å²) >= 11 is 0. The number of benzene rings is 2. The summed E-state index contributed by atoms with van der Waals surface area (Å²) in [5.41, 5.74) is 1.69. The van der Waals surface area contributed by atoms with Gasteiger partial charge in [0.25, 0.3) is 20.2 Å². The largest absolute Gasteiger partial charge is 0.490 e. The van der Waals surface area contributed by atoms with Gasteiger partial charge in [-0.05, 0) is 61.1 Å². The minimum absolute atomic E-state index is 0.0879. The Morgan fingerprint density at radius 3 is 1.14 bits per heavy atom. The van der Waals surface area contributed by atoms with Gasteiger partial charge in [0, 0.05) is 0 Å². The molecular weight excluding hydrogens is 673 g/mol. The van der Waals surface area contributed by atoms with Gasteiger partial charge in [-0.15, -0.1) is 0 Å². The van der Waals surface area contributed by atoms with Crippen LogP contribution in [0.25, 0.3) is 0 Å². The van der Waals surface area contributed by atoms with Crippen LogP contribution >= 0.6 is 0 Å². The summed E-state index contributed by atoms with van der Waals surface area (Å²) in [5, 5.41) is 0. The summed E-state index contributed by atoms with van der Waals surface area (Å²) in [6, 6.07) is 9.75. The Morgan fingerprint density at radius 2 is 0.796 bits per heavy atom. The molecule has 0 saturated carbocycles. The third-order valence-electron chi connectivity index (χ3n) is 7.92. The fraction of sp³-hybridized carbons (Fsp3) is 0.667. The van der Waals surface area contributed by atoms with Crippen LogP contribution < -0.4 is 9.47 Å². The van der Waals surface area contributed by atoms with Gasteiger partial charge in [0.15, 0.2) is 0 Å². The lowest BCUT2D eigenvalue weighted by atomic mass is 10.0. The lowest BCUT2D eigenvalue weighted by Crippen LogP contribution is -2.15. The van der Waals surface area contributed by atoms with Crippen molar-refractivity contribution in [1.82, 2.24) is 0 Å². The normalized spacial score (nSPS) is 12.0. The quantitative estimate of drug-likeness (QED) is 0.0607. The first-order valence-corrected chi connectivity index (χ1v) is 20.6. The highest BCUT2D eigenvalue weighted by Crippen LogP contribution is 2.27. The molecule has 2 rings (SSSR count). The van der Waals surface area contributed by atoms with Gasteiger partial charge in [-0.1, -0.05) is 90.2 Å². The second-order valence-electron chi connectivity index (χ2n) is 12.1. The molecule has 0 heterocycles. The molecule has 0 fully saturated rings. The second-order valence-corrected chi connectivity index (χ2v) is 14.9. The number of aryl methyl sites for hydroxylation is 2. The zero-order valence-corrected chi connectivity index (χ0v) is 31.0. The van der Waals surface area contributed by atoms with Crippen LogP contribution in [-0.2, 0) is 47.3 Å². The van der Waals surface area contributed by atoms with Crippen molar-refractivity contribution in [2.45, 2.75) is 114 Å². The Hall–Kier alpha value is -2.26. The summed E-state index contributed by atoms with van der Waals surface area (Å²) in [5.74, 6) is 0.176. The van der Waals surface area contributed by atoms with E-state index in [1.807, 2.05) is 12.1 Å². The van der Waals surface area contributed by atoms with Crippen molar-refractivity contribution in [3.05, 3.63) is 47.5 Å². The van der Waals surface area contributed by atoms with Crippen molar-refractivity contribution >= 4 is 20.2 Å². The summed E-state index contributed by atoms with van der Waals surface area (Å²) < 4.78 is 94.8. The Morgan fingerprint density at radius 1 is 0.469 bits per heavy atom. The minimum atomic E-state index is -4.43. The van der Waals surface area contributed by atoms with Gasteiger partial charge in [0.2, 0.25) is 0 Å². The van der Waals surface area contributed by atoms with Crippen LogP contribution in [0.5, 0.6) is 11.5 Å². The van der Waals surface area contributed by atoms with E-state index in [-0.39, 0.29) is 47.7 Å². The fourth-order valence-corrected chi connectivity index (χ4v) is 6.60. The molecule has 0 saturated heterocycles. The summed E-state index contributed by atoms with van der Waals surface area (Å²) in [6.07, 6.45) is 15.1. The van der Waals surface area contributed by atoms with Crippen LogP contribution in [0, 0.1) is 0 Å². The molecule has 2 aromatic rings. The van der Waals surface area contributed by atoms with E-state index in [4.69, 9.17) is 23.7 Å². The van der Waals surface area contributed by atoms with E-state index in [0.717, 1.165) is 62.5 Å². The van der Waals surface area contributed by atoms with E-state index in [1.54, 1.807) is 12.1 Å². The zero-order valence-electron chi connectivity index (χ0n) is 29.4. The lowest BCUT2D eigenvalue weighted by molar-refractivity contribution is 0.00473. The molecule has 0 radical (unpaired) electrons. The highest BCUT2D eigenvalue weighted by Gasteiger charge is 2.19. The van der Waals surface area contributed by atoms with Crippen LogP contribution in [0.3, 0.4) is 0 Å². The summed E-state index contributed by atoms with van der Waals surface area (Å²) in [7, 11) is -8.87. The first-order valence-electron chi connectivity index (χ1n) is 17.8. The van der Waals surface area contributed by atoms with Gasteiger partial charge in [0.1, 0.15) is 34.5 Å². The predicted octanol–water partition coefficient (Wildman–Crippen LogP) is 7.49. The Labute approximate surface area is 294 Å². The van der Waals surface area contributed by atoms with Crippen molar-refractivity contribution in [3.8, 4) is 11.5 Å². The van der Waals surface area contributed by atoms with Gasteiger partial charge in [0.05, 0.1) is 39.6 Å². The third kappa shape index (κ3) is 19.1. The number of unbranched alkanes of at least 4 members (excludes halogenated alkanes) is 10. The maximum Gasteiger partial charge on any atom is 0.298 e. The van der Waals surface area contributed by atoms with Crippen LogP contribution in [0.15, 0.2) is 46.2 Å². The van der Waals surface area contributed by atoms with E-state index in [2.05, 4.69) is 13.8 Å². The van der Waals surface area contributed by atoms with E-state index >= 15 is 0 Å². The molecule has 13 heteroatoms. The van der Waals surface area contributed by atoms with E-state index in [0.29, 0.717) is 26.4 Å². The fourth-order valence-electron chi connectivity index (χ4n) is 5.24. The monoisotopic (exact) mass is 730 g/mol. The highest BCUT2D eigenvalue weighted by atomic mass is 32.2.